The molecular weight excluding hydrogens is 508 g/mol. The van der Waals surface area contributed by atoms with Crippen LogP contribution >= 0.6 is 0 Å². The standard InChI is InChI=1S/C37H52O4/c1-32(2)26-15-16-36(6)27(37(26,7)30-28(41-30)29(32)38)14-13-24-25-21-34(4,18-17-33(25,3)19-20-35(24,36)5)31(39)40-22-23-11-9-8-10-12-23/h8-13,25-30,38H,14-22H2,1-7H3/t25-,26-,27-,28-,29-,30-,33+,34-,35+,36+,37-/m0/s1. The van der Waals surface area contributed by atoms with E-state index in [9.17, 15) is 9.90 Å². The Labute approximate surface area is 247 Å². The molecule has 0 radical (unpaired) electrons. The highest BCUT2D eigenvalue weighted by atomic mass is 16.6. The summed E-state index contributed by atoms with van der Waals surface area (Å²) in [6.07, 6.45) is 11.3. The van der Waals surface area contributed by atoms with Gasteiger partial charge < -0.3 is 14.6 Å². The number of hydrogen-bond donors (Lipinski definition) is 1. The molecule has 11 atom stereocenters. The third-order valence-electron chi connectivity index (χ3n) is 14.8. The number of esters is 1. The molecule has 1 aromatic carbocycles. The summed E-state index contributed by atoms with van der Waals surface area (Å²) in [5, 5.41) is 11.2. The second-order valence-corrected chi connectivity index (χ2v) is 17.0. The number of allylic oxidation sites excluding steroid dienone is 2. The lowest BCUT2D eigenvalue weighted by Crippen LogP contribution is -2.66. The van der Waals surface area contributed by atoms with Crippen molar-refractivity contribution in [3.8, 4) is 0 Å². The van der Waals surface area contributed by atoms with E-state index in [-0.39, 0.29) is 51.4 Å². The van der Waals surface area contributed by atoms with Crippen LogP contribution in [0.1, 0.15) is 105 Å². The van der Waals surface area contributed by atoms with Gasteiger partial charge in [0.15, 0.2) is 0 Å². The minimum atomic E-state index is -0.446. The van der Waals surface area contributed by atoms with Gasteiger partial charge in [0.25, 0.3) is 0 Å². The molecule has 1 aliphatic heterocycles. The highest BCUT2D eigenvalue weighted by molar-refractivity contribution is 5.76. The molecule has 1 saturated heterocycles. The van der Waals surface area contributed by atoms with Crippen molar-refractivity contribution in [3.05, 3.63) is 47.5 Å². The van der Waals surface area contributed by atoms with E-state index >= 15 is 0 Å². The van der Waals surface area contributed by atoms with E-state index in [1.165, 1.54) is 19.3 Å². The van der Waals surface area contributed by atoms with Gasteiger partial charge in [-0.25, -0.2) is 0 Å². The van der Waals surface area contributed by atoms with Gasteiger partial charge in [-0.15, -0.1) is 0 Å². The van der Waals surface area contributed by atoms with Crippen molar-refractivity contribution in [1.29, 1.82) is 0 Å². The Morgan fingerprint density at radius 2 is 1.66 bits per heavy atom. The van der Waals surface area contributed by atoms with Gasteiger partial charge in [0.1, 0.15) is 12.7 Å². The van der Waals surface area contributed by atoms with Crippen LogP contribution in [0.15, 0.2) is 42.0 Å². The van der Waals surface area contributed by atoms with Crippen LogP contribution in [0.2, 0.25) is 0 Å². The van der Waals surface area contributed by atoms with Crippen molar-refractivity contribution in [2.24, 2.45) is 50.2 Å². The highest BCUT2D eigenvalue weighted by Crippen LogP contribution is 2.77. The zero-order valence-electron chi connectivity index (χ0n) is 26.5. The van der Waals surface area contributed by atoms with Crippen molar-refractivity contribution >= 4 is 5.97 Å². The summed E-state index contributed by atoms with van der Waals surface area (Å²) in [7, 11) is 0. The number of benzene rings is 1. The fourth-order valence-corrected chi connectivity index (χ4v) is 11.8. The zero-order valence-corrected chi connectivity index (χ0v) is 26.5. The van der Waals surface area contributed by atoms with Crippen LogP contribution in [0.4, 0.5) is 0 Å². The lowest BCUT2D eigenvalue weighted by atomic mass is 9.33. The molecule has 6 aliphatic rings. The van der Waals surface area contributed by atoms with Crippen molar-refractivity contribution < 1.29 is 19.4 Å². The van der Waals surface area contributed by atoms with E-state index in [2.05, 4.69) is 54.5 Å². The Morgan fingerprint density at radius 1 is 0.951 bits per heavy atom. The number of aliphatic hydroxyl groups is 1. The van der Waals surface area contributed by atoms with E-state index in [4.69, 9.17) is 9.47 Å². The first kappa shape index (κ1) is 28.1. The maximum Gasteiger partial charge on any atom is 0.312 e. The Kier molecular flexibility index (Phi) is 5.98. The zero-order chi connectivity index (χ0) is 29.2. The smallest absolute Gasteiger partial charge is 0.312 e. The molecule has 41 heavy (non-hydrogen) atoms. The Balaban J connectivity index is 1.20. The van der Waals surface area contributed by atoms with Gasteiger partial charge in [-0.3, -0.25) is 4.79 Å². The van der Waals surface area contributed by atoms with Gasteiger partial charge >= 0.3 is 5.97 Å². The fourth-order valence-electron chi connectivity index (χ4n) is 11.8. The number of rotatable bonds is 3. The van der Waals surface area contributed by atoms with Crippen molar-refractivity contribution in [2.45, 2.75) is 125 Å². The van der Waals surface area contributed by atoms with Crippen LogP contribution in [0.3, 0.4) is 0 Å². The first-order valence-corrected chi connectivity index (χ1v) is 16.5. The molecule has 0 spiro atoms. The number of ether oxygens (including phenoxy) is 2. The van der Waals surface area contributed by atoms with Crippen LogP contribution in [0, 0.1) is 50.2 Å². The number of fused-ring (bicyclic) bond motifs is 9. The number of carbonyl (C=O) groups excluding carboxylic acids is 1. The van der Waals surface area contributed by atoms with E-state index in [1.807, 2.05) is 30.3 Å². The van der Waals surface area contributed by atoms with Crippen LogP contribution in [0.5, 0.6) is 0 Å². The molecule has 4 heteroatoms. The van der Waals surface area contributed by atoms with Crippen LogP contribution in [-0.4, -0.2) is 29.4 Å². The second-order valence-electron chi connectivity index (χ2n) is 17.0. The molecule has 5 fully saturated rings. The predicted octanol–water partition coefficient (Wildman–Crippen LogP) is 7.88. The second kappa shape index (κ2) is 8.72. The summed E-state index contributed by atoms with van der Waals surface area (Å²) in [5.74, 6) is 1.40. The SMILES string of the molecule is CC1(C)[C@@H](O)[C@@H]2O[C@@H]2[C@]2(C)[C@H]3CC=C4[C@@H]5C[C@@](C)(C(=O)OCc6ccccc6)CC[C@]5(C)CC[C@@]4(C)[C@]3(C)CC[C@@H]12. The van der Waals surface area contributed by atoms with Crippen molar-refractivity contribution in [3.63, 3.8) is 0 Å². The number of aliphatic hydroxyl groups excluding tert-OH is 1. The molecule has 1 heterocycles. The minimum absolute atomic E-state index is 0.00220. The lowest BCUT2D eigenvalue weighted by Gasteiger charge is -2.70. The Bertz CT molecular complexity index is 1270. The first-order valence-electron chi connectivity index (χ1n) is 16.5. The molecule has 0 bridgehead atoms. The maximum absolute atomic E-state index is 13.7. The summed E-state index contributed by atoms with van der Waals surface area (Å²) in [6, 6.07) is 10.1. The summed E-state index contributed by atoms with van der Waals surface area (Å²) in [4.78, 5) is 13.7. The molecule has 4 saturated carbocycles. The quantitative estimate of drug-likeness (QED) is 0.232. The number of epoxide rings is 1. The van der Waals surface area contributed by atoms with Gasteiger partial charge in [-0.2, -0.15) is 0 Å². The van der Waals surface area contributed by atoms with E-state index in [0.29, 0.717) is 24.4 Å². The number of carbonyl (C=O) groups is 1. The summed E-state index contributed by atoms with van der Waals surface area (Å²) < 4.78 is 12.3. The number of hydrogen-bond acceptors (Lipinski definition) is 4. The summed E-state index contributed by atoms with van der Waals surface area (Å²) >= 11 is 0. The topological polar surface area (TPSA) is 59.1 Å². The molecule has 1 N–H and O–H groups in total. The molecule has 0 amide bonds. The van der Waals surface area contributed by atoms with Crippen molar-refractivity contribution in [1.82, 2.24) is 0 Å². The van der Waals surface area contributed by atoms with E-state index in [0.717, 1.165) is 37.7 Å². The molecule has 5 aliphatic carbocycles. The molecule has 1 aromatic rings. The monoisotopic (exact) mass is 560 g/mol. The van der Waals surface area contributed by atoms with Gasteiger partial charge in [0, 0.05) is 5.41 Å². The van der Waals surface area contributed by atoms with E-state index in [1.54, 1.807) is 5.57 Å². The molecule has 7 rings (SSSR count). The minimum Gasteiger partial charge on any atom is -0.460 e. The molecular formula is C37H52O4. The Hall–Kier alpha value is -1.65. The first-order chi connectivity index (χ1) is 19.2. The summed E-state index contributed by atoms with van der Waals surface area (Å²) in [5.41, 5.74) is 2.74. The maximum atomic E-state index is 13.7. The van der Waals surface area contributed by atoms with Gasteiger partial charge in [0.05, 0.1) is 17.6 Å². The highest BCUT2D eigenvalue weighted by Gasteiger charge is 2.76. The Morgan fingerprint density at radius 3 is 2.39 bits per heavy atom. The van der Waals surface area contributed by atoms with Crippen LogP contribution < -0.4 is 0 Å². The molecule has 4 nitrogen and oxygen atoms in total. The van der Waals surface area contributed by atoms with Crippen LogP contribution in [-0.2, 0) is 20.9 Å². The van der Waals surface area contributed by atoms with Gasteiger partial charge in [0.2, 0.25) is 0 Å². The molecule has 224 valence electrons. The third kappa shape index (κ3) is 3.62. The predicted molar refractivity (Wildman–Crippen MR) is 161 cm³/mol. The largest absolute Gasteiger partial charge is 0.460 e. The van der Waals surface area contributed by atoms with Gasteiger partial charge in [-0.05, 0) is 103 Å². The molecule has 0 unspecified atom stereocenters. The van der Waals surface area contributed by atoms with Gasteiger partial charge in [-0.1, -0.05) is 83.5 Å². The average molecular weight is 561 g/mol. The van der Waals surface area contributed by atoms with Crippen molar-refractivity contribution in [2.75, 3.05) is 0 Å². The average Bonchev–Trinajstić information content (AvgIpc) is 3.75. The fraction of sp³-hybridized carbons (Fsp3) is 0.757. The van der Waals surface area contributed by atoms with E-state index < -0.39 is 5.41 Å². The van der Waals surface area contributed by atoms with Crippen LogP contribution in [0.25, 0.3) is 0 Å². The normalized spacial score (nSPS) is 51.1. The molecule has 0 aromatic heterocycles. The summed E-state index contributed by atoms with van der Waals surface area (Å²) in [6.45, 7) is 17.3. The third-order valence-corrected chi connectivity index (χ3v) is 14.8. The lowest BCUT2D eigenvalue weighted by molar-refractivity contribution is -0.194.